The number of aliphatic hydroxyl groups is 3. The number of benzene rings is 2. The number of aliphatic hydroxyl groups excluding tert-OH is 2. The van der Waals surface area contributed by atoms with E-state index in [4.69, 9.17) is 0 Å². The Morgan fingerprint density at radius 2 is 1.58 bits per heavy atom. The highest BCUT2D eigenvalue weighted by atomic mass is 16.4. The lowest BCUT2D eigenvalue weighted by atomic mass is 9.88. The van der Waals surface area contributed by atoms with Gasteiger partial charge in [-0.2, -0.15) is 0 Å². The summed E-state index contributed by atoms with van der Waals surface area (Å²) in [7, 11) is 0. The van der Waals surface area contributed by atoms with Gasteiger partial charge in [0.05, 0.1) is 13.2 Å². The van der Waals surface area contributed by atoms with Gasteiger partial charge in [0.25, 0.3) is 0 Å². The fourth-order valence-corrected chi connectivity index (χ4v) is 2.81. The third-order valence-corrected chi connectivity index (χ3v) is 3.88. The molecule has 2 aromatic carbocycles. The minimum atomic E-state index is -1.58. The van der Waals surface area contributed by atoms with E-state index >= 15 is 0 Å². The molecule has 19 heavy (non-hydrogen) atoms. The van der Waals surface area contributed by atoms with E-state index in [9.17, 15) is 15.3 Å². The average molecular weight is 256 g/mol. The molecular weight excluding hydrogens is 240 g/mol. The molecule has 3 rings (SSSR count). The van der Waals surface area contributed by atoms with Crippen molar-refractivity contribution >= 4 is 0 Å². The van der Waals surface area contributed by atoms with Gasteiger partial charge in [-0.25, -0.2) is 0 Å². The van der Waals surface area contributed by atoms with E-state index in [-0.39, 0.29) is 0 Å². The van der Waals surface area contributed by atoms with Crippen LogP contribution in [0.3, 0.4) is 0 Å². The molecule has 0 radical (unpaired) electrons. The fraction of sp³-hybridized carbons (Fsp3) is 0.250. The van der Waals surface area contributed by atoms with Crippen LogP contribution in [-0.2, 0) is 12.0 Å². The van der Waals surface area contributed by atoms with Crippen LogP contribution in [-0.4, -0.2) is 28.5 Å². The predicted molar refractivity (Wildman–Crippen MR) is 72.8 cm³/mol. The molecular formula is C16H16O3. The Labute approximate surface area is 111 Å². The van der Waals surface area contributed by atoms with Gasteiger partial charge in [-0.05, 0) is 34.2 Å². The van der Waals surface area contributed by atoms with Crippen LogP contribution in [0.15, 0.2) is 42.5 Å². The van der Waals surface area contributed by atoms with E-state index in [0.717, 1.165) is 23.1 Å². The molecule has 98 valence electrons. The molecule has 0 saturated carbocycles. The molecule has 0 unspecified atom stereocenters. The van der Waals surface area contributed by atoms with Gasteiger partial charge in [0.1, 0.15) is 5.60 Å². The van der Waals surface area contributed by atoms with Crippen molar-refractivity contribution in [2.45, 2.75) is 12.0 Å². The van der Waals surface area contributed by atoms with Gasteiger partial charge in [0, 0.05) is 0 Å². The lowest BCUT2D eigenvalue weighted by Gasteiger charge is -2.26. The molecule has 0 saturated heterocycles. The molecule has 3 heteroatoms. The van der Waals surface area contributed by atoms with Crippen LogP contribution in [0.5, 0.6) is 0 Å². The molecule has 0 spiro atoms. The van der Waals surface area contributed by atoms with E-state index in [2.05, 4.69) is 12.1 Å². The maximum Gasteiger partial charge on any atom is 0.136 e. The summed E-state index contributed by atoms with van der Waals surface area (Å²) < 4.78 is 0. The molecule has 0 fully saturated rings. The van der Waals surface area contributed by atoms with Gasteiger partial charge in [0.2, 0.25) is 0 Å². The first kappa shape index (κ1) is 12.4. The summed E-state index contributed by atoms with van der Waals surface area (Å²) in [5, 5.41) is 29.1. The van der Waals surface area contributed by atoms with E-state index in [1.54, 1.807) is 6.07 Å². The van der Waals surface area contributed by atoms with Crippen LogP contribution in [0.2, 0.25) is 0 Å². The lowest BCUT2D eigenvalue weighted by Crippen LogP contribution is -2.35. The molecule has 0 heterocycles. The summed E-state index contributed by atoms with van der Waals surface area (Å²) in [6.45, 7) is -0.980. The monoisotopic (exact) mass is 256 g/mol. The maximum atomic E-state index is 10.3. The quantitative estimate of drug-likeness (QED) is 0.664. The van der Waals surface area contributed by atoms with Crippen LogP contribution in [0.25, 0.3) is 11.1 Å². The number of hydrogen-bond acceptors (Lipinski definition) is 3. The Morgan fingerprint density at radius 3 is 2.32 bits per heavy atom. The van der Waals surface area contributed by atoms with Crippen molar-refractivity contribution in [2.24, 2.45) is 0 Å². The van der Waals surface area contributed by atoms with Gasteiger partial charge in [-0.15, -0.1) is 0 Å². The zero-order valence-corrected chi connectivity index (χ0v) is 10.5. The summed E-state index contributed by atoms with van der Waals surface area (Å²) in [5.74, 6) is 0. The van der Waals surface area contributed by atoms with Crippen molar-refractivity contribution in [3.8, 4) is 11.1 Å². The molecule has 0 bridgehead atoms. The molecule has 3 N–H and O–H groups in total. The van der Waals surface area contributed by atoms with Crippen molar-refractivity contribution < 1.29 is 15.3 Å². The summed E-state index contributed by atoms with van der Waals surface area (Å²) in [6.07, 6.45) is 0.726. The number of rotatable bonds is 3. The van der Waals surface area contributed by atoms with Crippen molar-refractivity contribution in [3.63, 3.8) is 0 Å². The Hall–Kier alpha value is -1.68. The van der Waals surface area contributed by atoms with Crippen LogP contribution in [0.1, 0.15) is 16.7 Å². The first-order chi connectivity index (χ1) is 9.19. The lowest BCUT2D eigenvalue weighted by molar-refractivity contribution is -0.0603. The van der Waals surface area contributed by atoms with Crippen molar-refractivity contribution in [1.82, 2.24) is 0 Å². The highest BCUT2D eigenvalue weighted by Crippen LogP contribution is 2.40. The Bertz CT molecular complexity index is 615. The van der Waals surface area contributed by atoms with Gasteiger partial charge in [0.15, 0.2) is 0 Å². The third-order valence-electron chi connectivity index (χ3n) is 3.88. The molecule has 0 aromatic heterocycles. The summed E-state index contributed by atoms with van der Waals surface area (Å²) >= 11 is 0. The van der Waals surface area contributed by atoms with Crippen molar-refractivity contribution in [2.75, 3.05) is 13.2 Å². The maximum absolute atomic E-state index is 10.3. The zero-order valence-electron chi connectivity index (χ0n) is 10.5. The Balaban J connectivity index is 2.19. The van der Waals surface area contributed by atoms with E-state index in [1.807, 2.05) is 24.3 Å². The Morgan fingerprint density at radius 1 is 0.895 bits per heavy atom. The summed E-state index contributed by atoms with van der Waals surface area (Å²) in [4.78, 5) is 0. The first-order valence-electron chi connectivity index (χ1n) is 6.34. The molecule has 3 nitrogen and oxygen atoms in total. The highest BCUT2D eigenvalue weighted by Gasteiger charge is 2.33. The van der Waals surface area contributed by atoms with Crippen LogP contribution >= 0.6 is 0 Å². The van der Waals surface area contributed by atoms with Crippen molar-refractivity contribution in [3.05, 3.63) is 59.2 Å². The minimum absolute atomic E-state index is 0.490. The minimum Gasteiger partial charge on any atom is -0.393 e. The van der Waals surface area contributed by atoms with Gasteiger partial charge < -0.3 is 15.3 Å². The van der Waals surface area contributed by atoms with Gasteiger partial charge in [-0.1, -0.05) is 42.5 Å². The van der Waals surface area contributed by atoms with Crippen molar-refractivity contribution in [1.29, 1.82) is 0 Å². The highest BCUT2D eigenvalue weighted by molar-refractivity contribution is 5.78. The predicted octanol–water partition coefficient (Wildman–Crippen LogP) is 1.43. The summed E-state index contributed by atoms with van der Waals surface area (Å²) in [5.41, 5.74) is 3.49. The largest absolute Gasteiger partial charge is 0.393 e. The second kappa shape index (κ2) is 4.46. The van der Waals surface area contributed by atoms with E-state index in [0.29, 0.717) is 5.56 Å². The topological polar surface area (TPSA) is 60.7 Å². The first-order valence-corrected chi connectivity index (χ1v) is 6.34. The van der Waals surface area contributed by atoms with E-state index in [1.165, 1.54) is 5.56 Å². The third kappa shape index (κ3) is 1.78. The zero-order chi connectivity index (χ0) is 13.5. The SMILES string of the molecule is OCC(O)(CO)c1cccc2c1Cc1ccccc1-2. The van der Waals surface area contributed by atoms with E-state index < -0.39 is 18.8 Å². The van der Waals surface area contributed by atoms with Gasteiger partial charge >= 0.3 is 0 Å². The molecule has 1 aliphatic carbocycles. The molecule has 0 aliphatic heterocycles. The smallest absolute Gasteiger partial charge is 0.136 e. The molecule has 1 aliphatic rings. The molecule has 2 aromatic rings. The fourth-order valence-electron chi connectivity index (χ4n) is 2.81. The standard InChI is InChI=1S/C16H16O3/c17-9-16(19,10-18)15-7-3-6-13-12-5-2-1-4-11(12)8-14(13)15/h1-7,17-19H,8-10H2. The normalized spacial score (nSPS) is 13.2. The second-order valence-corrected chi connectivity index (χ2v) is 5.01. The van der Waals surface area contributed by atoms with Gasteiger partial charge in [-0.3, -0.25) is 0 Å². The Kier molecular flexibility index (Phi) is 2.90. The van der Waals surface area contributed by atoms with Crippen LogP contribution in [0, 0.1) is 0 Å². The number of hydrogen-bond donors (Lipinski definition) is 3. The second-order valence-electron chi connectivity index (χ2n) is 5.01. The molecule has 0 amide bonds. The van der Waals surface area contributed by atoms with Crippen LogP contribution < -0.4 is 0 Å². The summed E-state index contributed by atoms with van der Waals surface area (Å²) in [6, 6.07) is 13.8. The van der Waals surface area contributed by atoms with Crippen LogP contribution in [0.4, 0.5) is 0 Å². The molecule has 0 atom stereocenters. The number of fused-ring (bicyclic) bond motifs is 3. The average Bonchev–Trinajstić information content (AvgIpc) is 2.85.